The fourth-order valence-corrected chi connectivity index (χ4v) is 5.33. The van der Waals surface area contributed by atoms with E-state index in [9.17, 15) is 14.4 Å². The molecule has 7 nitrogen and oxygen atoms in total. The van der Waals surface area contributed by atoms with Gasteiger partial charge in [0.25, 0.3) is 0 Å². The van der Waals surface area contributed by atoms with Crippen LogP contribution in [0.3, 0.4) is 0 Å². The molecule has 2 fully saturated rings. The number of carbonyl (C=O) groups excluding carboxylic acids is 3. The molecule has 0 bridgehead atoms. The molecule has 2 N–H and O–H groups in total. The Hall–Kier alpha value is -1.97. The maximum Gasteiger partial charge on any atom is 1.00 e. The standard InChI is InChI=1S/C16H22O3.C16H20O3.CH4O.B.Na.H/c2*17-11-10-13-6-8-15(9-7-13)16(18)19-12-14-4-2-1-3-5-14;1-2;;;/h1-5,13,15,17H,6-12H2;1-5,11,13,15H,6-10,12H2;2H,1H3;;;/q;;;;+1;-1. The number of esters is 2. The molecular formula is C33H47BNaO7. The average molecular weight is 590 g/mol. The first-order valence-corrected chi connectivity index (χ1v) is 14.5. The molecule has 2 aromatic rings. The summed E-state index contributed by atoms with van der Waals surface area (Å²) in [7, 11) is 1.00. The van der Waals surface area contributed by atoms with Crippen LogP contribution in [-0.2, 0) is 37.1 Å². The number of aliphatic hydroxyl groups is 2. The Morgan fingerprint density at radius 3 is 1.48 bits per heavy atom. The second-order valence-electron chi connectivity index (χ2n) is 10.5. The summed E-state index contributed by atoms with van der Waals surface area (Å²) >= 11 is 0. The minimum absolute atomic E-state index is 0. The van der Waals surface area contributed by atoms with Crippen LogP contribution in [0.2, 0.25) is 0 Å². The number of hydrogen-bond acceptors (Lipinski definition) is 7. The van der Waals surface area contributed by atoms with Gasteiger partial charge < -0.3 is 25.9 Å². The predicted octanol–water partition coefficient (Wildman–Crippen LogP) is 2.39. The number of hydrogen-bond donors (Lipinski definition) is 2. The quantitative estimate of drug-likeness (QED) is 0.249. The zero-order valence-electron chi connectivity index (χ0n) is 26.4. The van der Waals surface area contributed by atoms with E-state index in [0.29, 0.717) is 31.5 Å². The zero-order chi connectivity index (χ0) is 29.0. The topological polar surface area (TPSA) is 110 Å². The molecule has 2 aliphatic rings. The van der Waals surface area contributed by atoms with Gasteiger partial charge in [0, 0.05) is 28.6 Å². The van der Waals surface area contributed by atoms with Crippen LogP contribution in [0, 0.1) is 23.7 Å². The number of rotatable bonds is 10. The summed E-state index contributed by atoms with van der Waals surface area (Å²) in [5.41, 5.74) is 2.05. The second kappa shape index (κ2) is 24.5. The van der Waals surface area contributed by atoms with Crippen molar-refractivity contribution in [1.82, 2.24) is 0 Å². The van der Waals surface area contributed by atoms with Crippen LogP contribution < -0.4 is 29.6 Å². The van der Waals surface area contributed by atoms with E-state index in [2.05, 4.69) is 0 Å². The van der Waals surface area contributed by atoms with Crippen LogP contribution in [0.4, 0.5) is 0 Å². The van der Waals surface area contributed by atoms with Gasteiger partial charge >= 0.3 is 41.5 Å². The molecule has 225 valence electrons. The molecule has 0 amide bonds. The summed E-state index contributed by atoms with van der Waals surface area (Å²) in [6.45, 7) is 0.984. The van der Waals surface area contributed by atoms with E-state index in [-0.39, 0.29) is 69.8 Å². The Bertz CT molecular complexity index is 968. The van der Waals surface area contributed by atoms with E-state index in [0.717, 1.165) is 82.3 Å². The molecule has 2 aromatic carbocycles. The van der Waals surface area contributed by atoms with Gasteiger partial charge in [0.2, 0.25) is 0 Å². The molecule has 0 aliphatic heterocycles. The molecular weight excluding hydrogens is 542 g/mol. The van der Waals surface area contributed by atoms with Gasteiger partial charge in [0.05, 0.1) is 11.8 Å². The van der Waals surface area contributed by atoms with Crippen LogP contribution in [0.1, 0.15) is 76.8 Å². The fourth-order valence-electron chi connectivity index (χ4n) is 5.33. The smallest absolute Gasteiger partial charge is 1.00 e. The monoisotopic (exact) mass is 589 g/mol. The van der Waals surface area contributed by atoms with E-state index in [1.165, 1.54) is 0 Å². The first-order valence-electron chi connectivity index (χ1n) is 14.5. The fraction of sp³-hybridized carbons (Fsp3) is 0.545. The number of aldehydes is 1. The van der Waals surface area contributed by atoms with Gasteiger partial charge in [0.15, 0.2) is 0 Å². The Kier molecular flexibility index (Phi) is 23.3. The van der Waals surface area contributed by atoms with Gasteiger partial charge in [-0.3, -0.25) is 9.59 Å². The average Bonchev–Trinajstić information content (AvgIpc) is 3.02. The largest absolute Gasteiger partial charge is 1.00 e. The number of ether oxygens (including phenoxy) is 2. The van der Waals surface area contributed by atoms with E-state index in [1.54, 1.807) is 0 Å². The summed E-state index contributed by atoms with van der Waals surface area (Å²) in [4.78, 5) is 34.4. The SMILES string of the molecule is CO.O=C(OCc1ccccc1)C1CCC(CCO)CC1.O=CCC1CCC(C(=O)OCc2ccccc2)CC1.[B].[H-].[Na+]. The number of benzene rings is 2. The van der Waals surface area contributed by atoms with Gasteiger partial charge in [0.1, 0.15) is 19.5 Å². The van der Waals surface area contributed by atoms with E-state index >= 15 is 0 Å². The molecule has 9 heteroatoms. The van der Waals surface area contributed by atoms with Crippen LogP contribution in [-0.4, -0.2) is 50.6 Å². The molecule has 4 rings (SSSR count). The van der Waals surface area contributed by atoms with Crippen molar-refractivity contribution in [3.63, 3.8) is 0 Å². The minimum atomic E-state index is -0.0894. The summed E-state index contributed by atoms with van der Waals surface area (Å²) in [6, 6.07) is 19.5. The van der Waals surface area contributed by atoms with Gasteiger partial charge in [-0.1, -0.05) is 60.7 Å². The van der Waals surface area contributed by atoms with Crippen LogP contribution in [0.25, 0.3) is 0 Å². The normalized spacial score (nSPS) is 20.8. The Morgan fingerprint density at radius 1 is 0.738 bits per heavy atom. The molecule has 2 aliphatic carbocycles. The Labute approximate surface area is 277 Å². The third kappa shape index (κ3) is 15.5. The van der Waals surface area contributed by atoms with Gasteiger partial charge in [-0.2, -0.15) is 0 Å². The summed E-state index contributed by atoms with van der Waals surface area (Å²) < 4.78 is 10.7. The second-order valence-corrected chi connectivity index (χ2v) is 10.5. The van der Waals surface area contributed by atoms with Crippen molar-refractivity contribution < 1.29 is 65.1 Å². The minimum Gasteiger partial charge on any atom is -1.00 e. The van der Waals surface area contributed by atoms with E-state index in [4.69, 9.17) is 19.7 Å². The van der Waals surface area contributed by atoms with Crippen molar-refractivity contribution in [2.24, 2.45) is 23.7 Å². The number of carbonyl (C=O) groups is 3. The van der Waals surface area contributed by atoms with Gasteiger partial charge in [-0.05, 0) is 80.8 Å². The Morgan fingerprint density at radius 2 is 1.12 bits per heavy atom. The predicted molar refractivity (Wildman–Crippen MR) is 161 cm³/mol. The van der Waals surface area contributed by atoms with Crippen molar-refractivity contribution >= 4 is 26.6 Å². The van der Waals surface area contributed by atoms with Crippen molar-refractivity contribution in [3.05, 3.63) is 71.8 Å². The molecule has 2 saturated carbocycles. The molecule has 0 spiro atoms. The third-order valence-electron chi connectivity index (χ3n) is 7.77. The summed E-state index contributed by atoms with van der Waals surface area (Å²) in [5.74, 6) is 0.976. The number of aliphatic hydroxyl groups excluding tert-OH is 2. The summed E-state index contributed by atoms with van der Waals surface area (Å²) in [6.07, 6.45) is 9.98. The van der Waals surface area contributed by atoms with Gasteiger partial charge in [-0.25, -0.2) is 0 Å². The molecule has 42 heavy (non-hydrogen) atoms. The van der Waals surface area contributed by atoms with E-state index < -0.39 is 0 Å². The molecule has 3 radical (unpaired) electrons. The maximum absolute atomic E-state index is 12.0. The zero-order valence-corrected chi connectivity index (χ0v) is 27.4. The molecule has 0 atom stereocenters. The van der Waals surface area contributed by atoms with Crippen molar-refractivity contribution in [2.45, 2.75) is 77.4 Å². The van der Waals surface area contributed by atoms with Gasteiger partial charge in [-0.15, -0.1) is 0 Å². The van der Waals surface area contributed by atoms with Crippen LogP contribution in [0.15, 0.2) is 60.7 Å². The maximum atomic E-state index is 12.0. The molecule has 0 unspecified atom stereocenters. The van der Waals surface area contributed by atoms with E-state index in [1.807, 2.05) is 60.7 Å². The van der Waals surface area contributed by atoms with Crippen molar-refractivity contribution in [3.8, 4) is 0 Å². The first kappa shape index (κ1) is 40.0. The van der Waals surface area contributed by atoms with Crippen molar-refractivity contribution in [1.29, 1.82) is 0 Å². The van der Waals surface area contributed by atoms with Crippen molar-refractivity contribution in [2.75, 3.05) is 13.7 Å². The Balaban J connectivity index is 0. The van der Waals surface area contributed by atoms with Crippen LogP contribution in [0.5, 0.6) is 0 Å². The first-order chi connectivity index (χ1) is 19.6. The third-order valence-corrected chi connectivity index (χ3v) is 7.77. The molecule has 0 aromatic heterocycles. The molecule has 0 saturated heterocycles. The van der Waals surface area contributed by atoms with Crippen LogP contribution >= 0.6 is 0 Å². The summed E-state index contributed by atoms with van der Waals surface area (Å²) in [5, 5.41) is 15.9. The molecule has 0 heterocycles.